The maximum atomic E-state index is 12.8. The fourth-order valence-electron chi connectivity index (χ4n) is 3.07. The van der Waals surface area contributed by atoms with E-state index in [0.717, 1.165) is 0 Å². The van der Waals surface area contributed by atoms with Crippen LogP contribution in [0.4, 0.5) is 0 Å². The molecule has 0 saturated carbocycles. The van der Waals surface area contributed by atoms with Gasteiger partial charge < -0.3 is 19.3 Å². The zero-order valence-corrected chi connectivity index (χ0v) is 14.6. The SMILES string of the molecule is Cc1nc(COc2ccccc2C(=O)N2CCC(CC(=O)O)CC2)no1. The summed E-state index contributed by atoms with van der Waals surface area (Å²) in [7, 11) is 0. The molecule has 1 amide bonds. The average molecular weight is 359 g/mol. The van der Waals surface area contributed by atoms with Crippen molar-refractivity contribution in [2.45, 2.75) is 32.8 Å². The summed E-state index contributed by atoms with van der Waals surface area (Å²) in [6.45, 7) is 2.91. The Labute approximate surface area is 150 Å². The van der Waals surface area contributed by atoms with E-state index >= 15 is 0 Å². The van der Waals surface area contributed by atoms with Crippen LogP contribution < -0.4 is 4.74 Å². The molecule has 0 spiro atoms. The van der Waals surface area contributed by atoms with Crippen LogP contribution in [0.1, 0.15) is 41.3 Å². The molecule has 0 radical (unpaired) electrons. The van der Waals surface area contributed by atoms with Crippen LogP contribution in [0, 0.1) is 12.8 Å². The molecule has 1 N–H and O–H groups in total. The van der Waals surface area contributed by atoms with E-state index in [-0.39, 0.29) is 24.9 Å². The molecule has 1 aliphatic heterocycles. The van der Waals surface area contributed by atoms with Crippen LogP contribution in [0.5, 0.6) is 5.75 Å². The minimum absolute atomic E-state index is 0.112. The second kappa shape index (κ2) is 7.99. The Morgan fingerprint density at radius 1 is 1.31 bits per heavy atom. The first kappa shape index (κ1) is 17.9. The number of hydrogen-bond acceptors (Lipinski definition) is 6. The first-order chi connectivity index (χ1) is 12.5. The Morgan fingerprint density at radius 3 is 2.69 bits per heavy atom. The van der Waals surface area contributed by atoms with E-state index < -0.39 is 5.97 Å². The minimum Gasteiger partial charge on any atom is -0.485 e. The van der Waals surface area contributed by atoms with Crippen LogP contribution in [0.3, 0.4) is 0 Å². The number of likely N-dealkylation sites (tertiary alicyclic amines) is 1. The number of piperidine rings is 1. The van der Waals surface area contributed by atoms with Gasteiger partial charge in [0.05, 0.1) is 5.56 Å². The molecule has 2 aromatic rings. The molecule has 0 aliphatic carbocycles. The van der Waals surface area contributed by atoms with Crippen molar-refractivity contribution in [2.75, 3.05) is 13.1 Å². The number of aryl methyl sites for hydroxylation is 1. The van der Waals surface area contributed by atoms with Crippen molar-refractivity contribution < 1.29 is 24.0 Å². The Bertz CT molecular complexity index is 781. The van der Waals surface area contributed by atoms with Crippen molar-refractivity contribution >= 4 is 11.9 Å². The second-order valence-electron chi connectivity index (χ2n) is 6.35. The largest absolute Gasteiger partial charge is 0.485 e. The molecule has 1 fully saturated rings. The highest BCUT2D eigenvalue weighted by molar-refractivity contribution is 5.97. The van der Waals surface area contributed by atoms with E-state index in [1.54, 1.807) is 36.1 Å². The summed E-state index contributed by atoms with van der Waals surface area (Å²) >= 11 is 0. The number of para-hydroxylation sites is 1. The predicted octanol–water partition coefficient (Wildman–Crippen LogP) is 2.28. The Hall–Kier alpha value is -2.90. The molecule has 26 heavy (non-hydrogen) atoms. The van der Waals surface area contributed by atoms with Gasteiger partial charge >= 0.3 is 5.97 Å². The molecule has 0 unspecified atom stereocenters. The minimum atomic E-state index is -0.787. The Kier molecular flexibility index (Phi) is 5.50. The zero-order valence-electron chi connectivity index (χ0n) is 14.6. The number of carboxylic acids is 1. The van der Waals surface area contributed by atoms with Crippen molar-refractivity contribution in [1.82, 2.24) is 15.0 Å². The van der Waals surface area contributed by atoms with Gasteiger partial charge in [0.25, 0.3) is 5.91 Å². The van der Waals surface area contributed by atoms with E-state index in [0.29, 0.717) is 49.0 Å². The molecular weight excluding hydrogens is 338 g/mol. The number of nitrogens with zero attached hydrogens (tertiary/aromatic N) is 3. The molecule has 8 heteroatoms. The summed E-state index contributed by atoms with van der Waals surface area (Å²) in [4.78, 5) is 29.5. The van der Waals surface area contributed by atoms with Gasteiger partial charge in [0.15, 0.2) is 6.61 Å². The van der Waals surface area contributed by atoms with Crippen molar-refractivity contribution in [3.8, 4) is 5.75 Å². The van der Waals surface area contributed by atoms with E-state index in [4.69, 9.17) is 14.4 Å². The number of rotatable bonds is 6. The smallest absolute Gasteiger partial charge is 0.303 e. The summed E-state index contributed by atoms with van der Waals surface area (Å²) in [6, 6.07) is 7.04. The van der Waals surface area contributed by atoms with Gasteiger partial charge in [-0.2, -0.15) is 4.98 Å². The number of hydrogen-bond donors (Lipinski definition) is 1. The molecule has 1 aromatic carbocycles. The molecule has 1 aliphatic rings. The summed E-state index contributed by atoms with van der Waals surface area (Å²) in [5.74, 6) is 0.567. The summed E-state index contributed by atoms with van der Waals surface area (Å²) < 4.78 is 10.6. The highest BCUT2D eigenvalue weighted by Crippen LogP contribution is 2.25. The standard InChI is InChI=1S/C18H21N3O5/c1-12-19-16(20-26-12)11-25-15-5-3-2-4-14(15)18(24)21-8-6-13(7-9-21)10-17(22)23/h2-5,13H,6-11H2,1H3,(H,22,23). The van der Waals surface area contributed by atoms with Gasteiger partial charge in [-0.1, -0.05) is 17.3 Å². The lowest BCUT2D eigenvalue weighted by atomic mass is 9.93. The van der Waals surface area contributed by atoms with Crippen LogP contribution in [-0.4, -0.2) is 45.1 Å². The number of carboxylic acid groups (broad SMARTS) is 1. The molecule has 8 nitrogen and oxygen atoms in total. The number of aliphatic carboxylic acids is 1. The van der Waals surface area contributed by atoms with Gasteiger partial charge in [-0.15, -0.1) is 0 Å². The van der Waals surface area contributed by atoms with Crippen LogP contribution >= 0.6 is 0 Å². The molecule has 0 bridgehead atoms. The zero-order chi connectivity index (χ0) is 18.5. The van der Waals surface area contributed by atoms with Crippen molar-refractivity contribution in [3.63, 3.8) is 0 Å². The molecule has 1 aromatic heterocycles. The maximum Gasteiger partial charge on any atom is 0.303 e. The number of aromatic nitrogens is 2. The predicted molar refractivity (Wildman–Crippen MR) is 90.7 cm³/mol. The molecule has 0 atom stereocenters. The molecule has 1 saturated heterocycles. The third-order valence-corrected chi connectivity index (χ3v) is 4.41. The van der Waals surface area contributed by atoms with Gasteiger partial charge in [0.2, 0.25) is 11.7 Å². The first-order valence-electron chi connectivity index (χ1n) is 8.55. The monoisotopic (exact) mass is 359 g/mol. The van der Waals surface area contributed by atoms with Gasteiger partial charge in [-0.3, -0.25) is 9.59 Å². The first-order valence-corrected chi connectivity index (χ1v) is 8.55. The fraction of sp³-hybridized carbons (Fsp3) is 0.444. The molecule has 2 heterocycles. The highest BCUT2D eigenvalue weighted by atomic mass is 16.5. The Balaban J connectivity index is 1.63. The lowest BCUT2D eigenvalue weighted by molar-refractivity contribution is -0.138. The van der Waals surface area contributed by atoms with Gasteiger partial charge in [-0.05, 0) is 30.9 Å². The number of carbonyl (C=O) groups is 2. The van der Waals surface area contributed by atoms with E-state index in [9.17, 15) is 9.59 Å². The summed E-state index contributed by atoms with van der Waals surface area (Å²) in [5, 5.41) is 12.7. The number of carbonyl (C=O) groups excluding carboxylic acids is 1. The summed E-state index contributed by atoms with van der Waals surface area (Å²) in [5.41, 5.74) is 0.476. The number of benzene rings is 1. The van der Waals surface area contributed by atoms with Crippen LogP contribution in [-0.2, 0) is 11.4 Å². The van der Waals surface area contributed by atoms with Crippen molar-refractivity contribution in [1.29, 1.82) is 0 Å². The highest BCUT2D eigenvalue weighted by Gasteiger charge is 2.26. The average Bonchev–Trinajstić information content (AvgIpc) is 3.05. The quantitative estimate of drug-likeness (QED) is 0.843. The van der Waals surface area contributed by atoms with Crippen LogP contribution in [0.25, 0.3) is 0 Å². The van der Waals surface area contributed by atoms with Crippen molar-refractivity contribution in [3.05, 3.63) is 41.5 Å². The number of amides is 1. The third kappa shape index (κ3) is 4.38. The molecule has 138 valence electrons. The normalized spacial score (nSPS) is 15.0. The van der Waals surface area contributed by atoms with Crippen molar-refractivity contribution in [2.24, 2.45) is 5.92 Å². The molecular formula is C18H21N3O5. The lowest BCUT2D eigenvalue weighted by Crippen LogP contribution is -2.39. The summed E-state index contributed by atoms with van der Waals surface area (Å²) in [6.07, 6.45) is 1.55. The maximum absolute atomic E-state index is 12.8. The van der Waals surface area contributed by atoms with E-state index in [2.05, 4.69) is 10.1 Å². The lowest BCUT2D eigenvalue weighted by Gasteiger charge is -2.31. The Morgan fingerprint density at radius 2 is 2.04 bits per heavy atom. The second-order valence-corrected chi connectivity index (χ2v) is 6.35. The van der Waals surface area contributed by atoms with E-state index in [1.165, 1.54) is 0 Å². The van der Waals surface area contributed by atoms with Crippen LogP contribution in [0.2, 0.25) is 0 Å². The van der Waals surface area contributed by atoms with E-state index in [1.807, 2.05) is 0 Å². The molecule has 3 rings (SSSR count). The topological polar surface area (TPSA) is 106 Å². The van der Waals surface area contributed by atoms with Crippen LogP contribution in [0.15, 0.2) is 28.8 Å². The van der Waals surface area contributed by atoms with Gasteiger partial charge in [-0.25, -0.2) is 0 Å². The van der Waals surface area contributed by atoms with Gasteiger partial charge in [0, 0.05) is 26.4 Å². The van der Waals surface area contributed by atoms with Gasteiger partial charge in [0.1, 0.15) is 5.75 Å². The third-order valence-electron chi connectivity index (χ3n) is 4.41. The number of ether oxygens (including phenoxy) is 1. The fourth-order valence-corrected chi connectivity index (χ4v) is 3.07.